The average Bonchev–Trinajstić information content (AvgIpc) is 3.52. The third-order valence-corrected chi connectivity index (χ3v) is 9.77. The minimum absolute atomic E-state index is 0.0102. The van der Waals surface area contributed by atoms with Crippen molar-refractivity contribution in [1.82, 2.24) is 30.8 Å². The molecule has 1 saturated heterocycles. The average molecular weight is 671 g/mol. The van der Waals surface area contributed by atoms with Crippen molar-refractivity contribution < 1.29 is 18.7 Å². The van der Waals surface area contributed by atoms with E-state index in [1.807, 2.05) is 25.1 Å². The van der Waals surface area contributed by atoms with E-state index in [1.54, 1.807) is 11.4 Å². The molecule has 2 aromatic heterocycles. The first-order valence-electron chi connectivity index (χ1n) is 16.7. The first-order chi connectivity index (χ1) is 23.2. The van der Waals surface area contributed by atoms with Crippen molar-refractivity contribution in [1.29, 1.82) is 0 Å². The number of hydrogen-bond acceptors (Lipinski definition) is 8. The summed E-state index contributed by atoms with van der Waals surface area (Å²) in [5, 5.41) is 12.3. The Hall–Kier alpha value is -4.19. The molecule has 6 rings (SSSR count). The lowest BCUT2D eigenvalue weighted by atomic mass is 9.91. The highest BCUT2D eigenvalue weighted by Gasteiger charge is 2.26. The molecule has 2 amide bonds. The number of benzene rings is 2. The number of thiazole rings is 1. The number of nitrogens with one attached hydrogen (secondary N) is 3. The molecule has 0 unspecified atom stereocenters. The molecule has 11 heteroatoms. The number of carbonyl (C=O) groups excluding carboxylic acids is 2. The van der Waals surface area contributed by atoms with Gasteiger partial charge in [0, 0.05) is 49.2 Å². The Labute approximate surface area is 285 Å². The van der Waals surface area contributed by atoms with E-state index >= 15 is 0 Å². The number of amides is 2. The summed E-state index contributed by atoms with van der Waals surface area (Å²) in [7, 11) is 0. The fourth-order valence-corrected chi connectivity index (χ4v) is 7.26. The fraction of sp³-hybridized carbons (Fsp3) is 0.405. The van der Waals surface area contributed by atoms with Gasteiger partial charge in [0.2, 0.25) is 5.88 Å². The number of aromatic nitrogens is 2. The number of hydrogen-bond donors (Lipinski definition) is 3. The molecule has 3 N–H and O–H groups in total. The van der Waals surface area contributed by atoms with Gasteiger partial charge in [-0.2, -0.15) is 0 Å². The second-order valence-corrected chi connectivity index (χ2v) is 14.1. The van der Waals surface area contributed by atoms with Crippen LogP contribution in [0, 0.1) is 12.7 Å². The van der Waals surface area contributed by atoms with E-state index in [4.69, 9.17) is 4.74 Å². The molecule has 2 fully saturated rings. The molecular formula is C37H43FN6O3S. The fourth-order valence-electron chi connectivity index (χ4n) is 6.67. The van der Waals surface area contributed by atoms with Crippen molar-refractivity contribution in [2.45, 2.75) is 77.0 Å². The normalized spacial score (nSPS) is 21.4. The molecule has 0 radical (unpaired) electrons. The summed E-state index contributed by atoms with van der Waals surface area (Å²) in [4.78, 5) is 36.8. The van der Waals surface area contributed by atoms with Gasteiger partial charge in [-0.05, 0) is 87.8 Å². The Kier molecular flexibility index (Phi) is 10.8. The molecule has 2 aliphatic rings. The topological polar surface area (TPSA) is 108 Å². The third kappa shape index (κ3) is 8.83. The number of carbonyl (C=O) groups is 2. The molecule has 2 atom stereocenters. The second kappa shape index (κ2) is 15.4. The Morgan fingerprint density at radius 1 is 0.958 bits per heavy atom. The third-order valence-electron chi connectivity index (χ3n) is 9.00. The van der Waals surface area contributed by atoms with Crippen LogP contribution in [0.25, 0.3) is 11.1 Å². The Morgan fingerprint density at radius 3 is 2.31 bits per heavy atom. The lowest BCUT2D eigenvalue weighted by Gasteiger charge is -2.36. The number of nitrogens with zero attached hydrogens (tertiary/aromatic N) is 3. The molecule has 1 aliphatic carbocycles. The highest BCUT2D eigenvalue weighted by atomic mass is 32.1. The molecule has 1 aliphatic heterocycles. The van der Waals surface area contributed by atoms with Gasteiger partial charge in [-0.15, -0.1) is 11.3 Å². The van der Waals surface area contributed by atoms with Crippen LogP contribution in [0.4, 0.5) is 4.39 Å². The van der Waals surface area contributed by atoms with Crippen molar-refractivity contribution in [3.63, 3.8) is 0 Å². The van der Waals surface area contributed by atoms with Gasteiger partial charge in [0.15, 0.2) is 0 Å². The Morgan fingerprint density at radius 2 is 1.65 bits per heavy atom. The van der Waals surface area contributed by atoms with Crippen molar-refractivity contribution in [3.05, 3.63) is 93.8 Å². The van der Waals surface area contributed by atoms with Crippen LogP contribution in [0.3, 0.4) is 0 Å². The monoisotopic (exact) mass is 670 g/mol. The number of ether oxygens (including phenoxy) is 1. The summed E-state index contributed by atoms with van der Waals surface area (Å²) in [5.74, 6) is -0.702. The van der Waals surface area contributed by atoms with Gasteiger partial charge in [0.05, 0.1) is 11.2 Å². The van der Waals surface area contributed by atoms with Crippen molar-refractivity contribution >= 4 is 23.2 Å². The first-order valence-corrected chi connectivity index (χ1v) is 17.6. The van der Waals surface area contributed by atoms with Crippen LogP contribution in [0.15, 0.2) is 66.2 Å². The van der Waals surface area contributed by atoms with Crippen LogP contribution in [0.5, 0.6) is 11.6 Å². The zero-order chi connectivity index (χ0) is 33.6. The molecule has 0 bridgehead atoms. The zero-order valence-corrected chi connectivity index (χ0v) is 28.5. The summed E-state index contributed by atoms with van der Waals surface area (Å²) < 4.78 is 20.4. The van der Waals surface area contributed by atoms with Gasteiger partial charge in [-0.25, -0.2) is 14.4 Å². The predicted octanol–water partition coefficient (Wildman–Crippen LogP) is 6.14. The minimum Gasteiger partial charge on any atom is -0.438 e. The second-order valence-electron chi connectivity index (χ2n) is 13.1. The van der Waals surface area contributed by atoms with Gasteiger partial charge in [-0.3, -0.25) is 14.5 Å². The number of piperazine rings is 1. The molecular weight excluding hydrogens is 628 g/mol. The van der Waals surface area contributed by atoms with Crippen LogP contribution < -0.4 is 20.7 Å². The molecule has 4 aromatic rings. The van der Waals surface area contributed by atoms with E-state index in [2.05, 4.69) is 68.9 Å². The maximum Gasteiger partial charge on any atom is 0.270 e. The molecule has 9 nitrogen and oxygen atoms in total. The molecule has 3 heterocycles. The summed E-state index contributed by atoms with van der Waals surface area (Å²) in [6.45, 7) is 9.51. The van der Waals surface area contributed by atoms with E-state index in [-0.39, 0.29) is 29.4 Å². The molecule has 0 spiro atoms. The van der Waals surface area contributed by atoms with E-state index in [0.29, 0.717) is 49.2 Å². The van der Waals surface area contributed by atoms with E-state index in [1.165, 1.54) is 16.9 Å². The van der Waals surface area contributed by atoms with E-state index in [0.717, 1.165) is 54.5 Å². The Bertz CT molecular complexity index is 1710. The lowest BCUT2D eigenvalue weighted by Crippen LogP contribution is -2.54. The van der Waals surface area contributed by atoms with Crippen LogP contribution in [0.2, 0.25) is 0 Å². The SMILES string of the molecule is Cc1nc(C(=O)N[C@H]2CC[C@H](NC(=O)c3cc(F)cnc3Oc3cccc(-c4ccc(CCN5C[C@@H](C)N[C@@H](C)C5)cc4)c3)CC2)cs1. The van der Waals surface area contributed by atoms with Crippen LogP contribution in [-0.2, 0) is 6.42 Å². The minimum atomic E-state index is -0.619. The Balaban J connectivity index is 1.04. The number of halogens is 1. The van der Waals surface area contributed by atoms with E-state index in [9.17, 15) is 14.0 Å². The summed E-state index contributed by atoms with van der Waals surface area (Å²) >= 11 is 1.44. The predicted molar refractivity (Wildman–Crippen MR) is 186 cm³/mol. The molecule has 2 aromatic carbocycles. The lowest BCUT2D eigenvalue weighted by molar-refractivity contribution is 0.0888. The summed E-state index contributed by atoms with van der Waals surface area (Å²) in [6.07, 6.45) is 4.84. The number of aryl methyl sites for hydroxylation is 1. The molecule has 48 heavy (non-hydrogen) atoms. The first kappa shape index (κ1) is 33.7. The van der Waals surface area contributed by atoms with Crippen LogP contribution >= 0.6 is 11.3 Å². The largest absolute Gasteiger partial charge is 0.438 e. The van der Waals surface area contributed by atoms with Crippen molar-refractivity contribution in [2.75, 3.05) is 19.6 Å². The summed E-state index contributed by atoms with van der Waals surface area (Å²) in [5.41, 5.74) is 3.77. The van der Waals surface area contributed by atoms with E-state index < -0.39 is 11.7 Å². The highest BCUT2D eigenvalue weighted by Crippen LogP contribution is 2.29. The maximum atomic E-state index is 14.3. The zero-order valence-electron chi connectivity index (χ0n) is 27.7. The van der Waals surface area contributed by atoms with Crippen LogP contribution in [0.1, 0.15) is 70.9 Å². The summed E-state index contributed by atoms with van der Waals surface area (Å²) in [6, 6.07) is 18.2. The number of rotatable bonds is 10. The molecule has 1 saturated carbocycles. The highest BCUT2D eigenvalue weighted by molar-refractivity contribution is 7.09. The van der Waals surface area contributed by atoms with Crippen molar-refractivity contribution in [3.8, 4) is 22.8 Å². The van der Waals surface area contributed by atoms with Crippen LogP contribution in [-0.4, -0.2) is 70.5 Å². The van der Waals surface area contributed by atoms with Gasteiger partial charge >= 0.3 is 0 Å². The quantitative estimate of drug-likeness (QED) is 0.186. The standard InChI is InChI=1S/C37H43FN6O3S/c1-23-20-44(21-24(2)40-23)16-15-26-7-9-27(10-8-26)28-5-4-6-32(17-28)47-37-33(18-29(38)19-39-37)35(45)42-30-11-13-31(14-12-30)43-36(46)34-22-48-25(3)41-34/h4-10,17-19,22-24,30-31,40H,11-16,20-21H2,1-3H3,(H,42,45)(H,43,46)/t23-,24+,30-,31-. The molecule has 252 valence electrons. The smallest absolute Gasteiger partial charge is 0.270 e. The number of pyridine rings is 1. The van der Waals surface area contributed by atoms with Crippen molar-refractivity contribution in [2.24, 2.45) is 0 Å². The van der Waals surface area contributed by atoms with Gasteiger partial charge < -0.3 is 20.7 Å². The van der Waals surface area contributed by atoms with Gasteiger partial charge in [-0.1, -0.05) is 36.4 Å². The maximum absolute atomic E-state index is 14.3. The van der Waals surface area contributed by atoms with Gasteiger partial charge in [0.25, 0.3) is 11.8 Å². The van der Waals surface area contributed by atoms with Gasteiger partial charge in [0.1, 0.15) is 22.8 Å².